The molecule has 4 nitrogen and oxygen atoms in total. The summed E-state index contributed by atoms with van der Waals surface area (Å²) in [5, 5.41) is 10.7. The summed E-state index contributed by atoms with van der Waals surface area (Å²) in [6.07, 6.45) is 9.53. The molecule has 2 atom stereocenters. The van der Waals surface area contributed by atoms with Gasteiger partial charge in [0.1, 0.15) is 0 Å². The lowest BCUT2D eigenvalue weighted by Gasteiger charge is -2.51. The first-order chi connectivity index (χ1) is 9.79. The van der Waals surface area contributed by atoms with Crippen molar-refractivity contribution in [3.8, 4) is 0 Å². The van der Waals surface area contributed by atoms with E-state index in [9.17, 15) is 13.5 Å². The van der Waals surface area contributed by atoms with Crippen molar-refractivity contribution >= 4 is 9.84 Å². The molecule has 0 heterocycles. The van der Waals surface area contributed by atoms with Crippen LogP contribution < -0.4 is 5.73 Å². The zero-order chi connectivity index (χ0) is 15.7. The second kappa shape index (κ2) is 6.17. The Hall–Kier alpha value is -0.130. The molecule has 0 radical (unpaired) electrons. The van der Waals surface area contributed by atoms with Crippen molar-refractivity contribution in [2.24, 2.45) is 17.1 Å². The number of aliphatic hydroxyl groups is 1. The molecule has 0 aliphatic heterocycles. The molecule has 2 rings (SSSR count). The molecule has 2 saturated carbocycles. The average molecular weight is 317 g/mol. The van der Waals surface area contributed by atoms with E-state index in [-0.39, 0.29) is 0 Å². The van der Waals surface area contributed by atoms with Crippen molar-refractivity contribution in [3.05, 3.63) is 0 Å². The van der Waals surface area contributed by atoms with Gasteiger partial charge in [0.2, 0.25) is 0 Å². The van der Waals surface area contributed by atoms with E-state index < -0.39 is 26.1 Å². The first-order valence-corrected chi connectivity index (χ1v) is 10.4. The Labute approximate surface area is 129 Å². The van der Waals surface area contributed by atoms with Crippen LogP contribution in [0.5, 0.6) is 0 Å². The van der Waals surface area contributed by atoms with E-state index in [1.165, 1.54) is 19.1 Å². The highest BCUT2D eigenvalue weighted by Gasteiger charge is 2.59. The number of hydrogen-bond acceptors (Lipinski definition) is 4. The minimum atomic E-state index is -3.24. The van der Waals surface area contributed by atoms with Crippen LogP contribution in [0, 0.1) is 11.3 Å². The zero-order valence-electron chi connectivity index (χ0n) is 13.5. The van der Waals surface area contributed by atoms with Crippen LogP contribution in [0.3, 0.4) is 0 Å². The first-order valence-electron chi connectivity index (χ1n) is 8.40. The fourth-order valence-electron chi connectivity index (χ4n) is 4.87. The molecule has 0 aromatic carbocycles. The summed E-state index contributed by atoms with van der Waals surface area (Å²) in [5.41, 5.74) is 4.55. The highest BCUT2D eigenvalue weighted by Crippen LogP contribution is 2.54. The van der Waals surface area contributed by atoms with E-state index in [0.717, 1.165) is 38.0 Å². The molecule has 0 saturated heterocycles. The second-order valence-electron chi connectivity index (χ2n) is 7.35. The summed E-state index contributed by atoms with van der Waals surface area (Å²) < 4.78 is 24.2. The van der Waals surface area contributed by atoms with E-state index in [2.05, 4.69) is 6.92 Å². The lowest BCUT2D eigenvalue weighted by molar-refractivity contribution is -0.0976. The van der Waals surface area contributed by atoms with Gasteiger partial charge in [-0.1, -0.05) is 19.8 Å². The van der Waals surface area contributed by atoms with Gasteiger partial charge >= 0.3 is 0 Å². The van der Waals surface area contributed by atoms with Crippen LogP contribution in [0.4, 0.5) is 0 Å². The average Bonchev–Trinajstić information content (AvgIpc) is 2.84. The molecule has 0 spiro atoms. The normalized spacial score (nSPS) is 41.3. The SMILES string of the molecule is CCCC1CCC(CN)(C2(O)CCCC2S(C)(=O)=O)CC1. The van der Waals surface area contributed by atoms with Crippen molar-refractivity contribution in [2.45, 2.75) is 75.6 Å². The summed E-state index contributed by atoms with van der Waals surface area (Å²) >= 11 is 0. The monoisotopic (exact) mass is 317 g/mol. The van der Waals surface area contributed by atoms with Gasteiger partial charge in [0.25, 0.3) is 0 Å². The van der Waals surface area contributed by atoms with Crippen molar-refractivity contribution in [2.75, 3.05) is 12.8 Å². The van der Waals surface area contributed by atoms with Crippen LogP contribution >= 0.6 is 0 Å². The van der Waals surface area contributed by atoms with Crippen LogP contribution in [-0.4, -0.2) is 37.2 Å². The molecule has 3 N–H and O–H groups in total. The van der Waals surface area contributed by atoms with Crippen LogP contribution in [0.15, 0.2) is 0 Å². The fraction of sp³-hybridized carbons (Fsp3) is 1.00. The molecule has 5 heteroatoms. The molecule has 0 aromatic rings. The van der Waals surface area contributed by atoms with Crippen molar-refractivity contribution in [1.29, 1.82) is 0 Å². The van der Waals surface area contributed by atoms with Crippen LogP contribution in [0.25, 0.3) is 0 Å². The second-order valence-corrected chi connectivity index (χ2v) is 9.58. The Bertz CT molecular complexity index is 454. The predicted molar refractivity (Wildman–Crippen MR) is 85.8 cm³/mol. The Morgan fingerprint density at radius 3 is 2.29 bits per heavy atom. The Morgan fingerprint density at radius 2 is 1.81 bits per heavy atom. The van der Waals surface area contributed by atoms with Crippen LogP contribution in [-0.2, 0) is 9.84 Å². The predicted octanol–water partition coefficient (Wildman–Crippen LogP) is 2.25. The van der Waals surface area contributed by atoms with Gasteiger partial charge in [0.15, 0.2) is 9.84 Å². The summed E-state index contributed by atoms with van der Waals surface area (Å²) in [5.74, 6) is 0.719. The lowest BCUT2D eigenvalue weighted by Crippen LogP contribution is -2.60. The Balaban J connectivity index is 2.24. The minimum Gasteiger partial charge on any atom is -0.388 e. The molecule has 2 aliphatic carbocycles. The van der Waals surface area contributed by atoms with Gasteiger partial charge in [-0.15, -0.1) is 0 Å². The number of nitrogens with two attached hydrogens (primary N) is 1. The van der Waals surface area contributed by atoms with Gasteiger partial charge in [-0.25, -0.2) is 8.42 Å². The summed E-state index contributed by atoms with van der Waals surface area (Å²) in [4.78, 5) is 0. The summed E-state index contributed by atoms with van der Waals surface area (Å²) in [7, 11) is -3.24. The molecule has 2 unspecified atom stereocenters. The number of sulfone groups is 1. The molecule has 0 bridgehead atoms. The molecule has 124 valence electrons. The van der Waals surface area contributed by atoms with Gasteiger partial charge in [-0.2, -0.15) is 0 Å². The fourth-order valence-corrected chi connectivity index (χ4v) is 6.54. The molecular weight excluding hydrogens is 286 g/mol. The maximum Gasteiger partial charge on any atom is 0.153 e. The largest absolute Gasteiger partial charge is 0.388 e. The summed E-state index contributed by atoms with van der Waals surface area (Å²) in [6, 6.07) is 0. The standard InChI is InChI=1S/C16H31NO3S/c1-3-5-13-7-10-15(12-17,11-8-13)16(18)9-4-6-14(16)21(2,19)20/h13-14,18H,3-12,17H2,1-2H3. The van der Waals surface area contributed by atoms with Gasteiger partial charge in [0, 0.05) is 18.2 Å². The molecular formula is C16H31NO3S. The third-order valence-electron chi connectivity index (χ3n) is 6.14. The molecule has 0 aromatic heterocycles. The maximum absolute atomic E-state index is 12.1. The van der Waals surface area contributed by atoms with Crippen LogP contribution in [0.2, 0.25) is 0 Å². The lowest BCUT2D eigenvalue weighted by atomic mass is 9.60. The molecule has 2 fully saturated rings. The quantitative estimate of drug-likeness (QED) is 0.815. The van der Waals surface area contributed by atoms with E-state index >= 15 is 0 Å². The van der Waals surface area contributed by atoms with E-state index in [1.54, 1.807) is 0 Å². The van der Waals surface area contributed by atoms with E-state index in [1.807, 2.05) is 0 Å². The Morgan fingerprint density at radius 1 is 1.19 bits per heavy atom. The highest BCUT2D eigenvalue weighted by atomic mass is 32.2. The van der Waals surface area contributed by atoms with Crippen molar-refractivity contribution < 1.29 is 13.5 Å². The van der Waals surface area contributed by atoms with Crippen molar-refractivity contribution in [1.82, 2.24) is 0 Å². The smallest absolute Gasteiger partial charge is 0.153 e. The minimum absolute atomic E-state index is 0.397. The maximum atomic E-state index is 12.1. The summed E-state index contributed by atoms with van der Waals surface area (Å²) in [6.45, 7) is 2.60. The Kier molecular flexibility index (Phi) is 5.06. The molecule has 0 amide bonds. The zero-order valence-corrected chi connectivity index (χ0v) is 14.3. The van der Waals surface area contributed by atoms with Crippen molar-refractivity contribution in [3.63, 3.8) is 0 Å². The number of hydrogen-bond donors (Lipinski definition) is 2. The number of rotatable bonds is 5. The van der Waals surface area contributed by atoms with Gasteiger partial charge in [0.05, 0.1) is 10.9 Å². The molecule has 21 heavy (non-hydrogen) atoms. The van der Waals surface area contributed by atoms with Gasteiger partial charge in [-0.3, -0.25) is 0 Å². The first kappa shape index (κ1) is 17.2. The van der Waals surface area contributed by atoms with E-state index in [0.29, 0.717) is 19.4 Å². The highest BCUT2D eigenvalue weighted by molar-refractivity contribution is 7.91. The third-order valence-corrected chi connectivity index (χ3v) is 7.80. The van der Waals surface area contributed by atoms with Gasteiger partial charge < -0.3 is 10.8 Å². The topological polar surface area (TPSA) is 80.4 Å². The van der Waals surface area contributed by atoms with Crippen LogP contribution in [0.1, 0.15) is 64.7 Å². The third kappa shape index (κ3) is 3.02. The van der Waals surface area contributed by atoms with Gasteiger partial charge in [-0.05, 0) is 50.9 Å². The van der Waals surface area contributed by atoms with E-state index in [4.69, 9.17) is 5.73 Å². The molecule has 2 aliphatic rings.